The van der Waals surface area contributed by atoms with Crippen LogP contribution in [-0.4, -0.2) is 57.3 Å². The van der Waals surface area contributed by atoms with Crippen LogP contribution in [0.25, 0.3) is 0 Å². The molecule has 1 aromatic carbocycles. The highest BCUT2D eigenvalue weighted by Gasteiger charge is 2.45. The van der Waals surface area contributed by atoms with Gasteiger partial charge in [-0.1, -0.05) is 34.1 Å². The van der Waals surface area contributed by atoms with E-state index in [2.05, 4.69) is 15.9 Å². The first-order valence-electron chi connectivity index (χ1n) is 6.06. The van der Waals surface area contributed by atoms with Gasteiger partial charge in [0.05, 0.1) is 5.56 Å². The summed E-state index contributed by atoms with van der Waals surface area (Å²) in [5.74, 6) is -0.632. The largest absolute Gasteiger partial charge is 0.453 e. The van der Waals surface area contributed by atoms with Crippen LogP contribution in [-0.2, 0) is 9.47 Å². The number of aliphatic hydroxyl groups is 3. The number of carbonyl (C=O) groups excluding carboxylic acids is 1. The van der Waals surface area contributed by atoms with Crippen molar-refractivity contribution in [2.75, 3.05) is 5.33 Å². The molecule has 5 atom stereocenters. The molecule has 3 N–H and O–H groups in total. The van der Waals surface area contributed by atoms with Crippen molar-refractivity contribution in [3.63, 3.8) is 0 Å². The summed E-state index contributed by atoms with van der Waals surface area (Å²) in [6.45, 7) is 0. The van der Waals surface area contributed by atoms with Gasteiger partial charge in [0.1, 0.15) is 18.3 Å². The lowest BCUT2D eigenvalue weighted by Crippen LogP contribution is -2.59. The molecular weight excluding hydrogens is 332 g/mol. The zero-order chi connectivity index (χ0) is 14.7. The fourth-order valence-electron chi connectivity index (χ4n) is 1.96. The van der Waals surface area contributed by atoms with E-state index in [0.717, 1.165) is 0 Å². The summed E-state index contributed by atoms with van der Waals surface area (Å²) in [5.41, 5.74) is 0.327. The average molecular weight is 347 g/mol. The van der Waals surface area contributed by atoms with Gasteiger partial charge in [0.15, 0.2) is 12.4 Å². The zero-order valence-corrected chi connectivity index (χ0v) is 12.0. The van der Waals surface area contributed by atoms with E-state index in [9.17, 15) is 20.1 Å². The fraction of sp³-hybridized carbons (Fsp3) is 0.462. The standard InChI is InChI=1S/C13H15BrO6/c14-6-8-11(9(15)10(16)13(18)19-8)20-12(17)7-4-2-1-3-5-7/h1-5,8-11,13,15-16,18H,6H2/t8-,9-,10-,11+,13?/m1/s1. The third kappa shape index (κ3) is 3.18. The van der Waals surface area contributed by atoms with Gasteiger partial charge in [0.2, 0.25) is 0 Å². The first-order chi connectivity index (χ1) is 9.54. The Bertz CT molecular complexity index is 451. The Morgan fingerprint density at radius 1 is 1.20 bits per heavy atom. The van der Waals surface area contributed by atoms with Crippen LogP contribution in [0.1, 0.15) is 10.4 Å². The van der Waals surface area contributed by atoms with Crippen LogP contribution in [0, 0.1) is 0 Å². The van der Waals surface area contributed by atoms with E-state index in [1.165, 1.54) is 0 Å². The monoisotopic (exact) mass is 346 g/mol. The smallest absolute Gasteiger partial charge is 0.338 e. The second-order valence-corrected chi connectivity index (χ2v) is 5.08. The number of halogens is 1. The van der Waals surface area contributed by atoms with E-state index < -0.39 is 36.7 Å². The molecule has 1 aliphatic rings. The minimum absolute atomic E-state index is 0.237. The van der Waals surface area contributed by atoms with E-state index in [4.69, 9.17) is 9.47 Å². The predicted molar refractivity (Wildman–Crippen MR) is 72.3 cm³/mol. The molecule has 1 heterocycles. The molecule has 1 unspecified atom stereocenters. The Morgan fingerprint density at radius 3 is 2.45 bits per heavy atom. The summed E-state index contributed by atoms with van der Waals surface area (Å²) in [4.78, 5) is 12.0. The number of aliphatic hydroxyl groups excluding tert-OH is 3. The maximum absolute atomic E-state index is 12.0. The number of hydrogen-bond donors (Lipinski definition) is 3. The maximum Gasteiger partial charge on any atom is 0.338 e. The highest BCUT2D eigenvalue weighted by atomic mass is 79.9. The van der Waals surface area contributed by atoms with E-state index in [0.29, 0.717) is 5.56 Å². The van der Waals surface area contributed by atoms with Crippen LogP contribution < -0.4 is 0 Å². The van der Waals surface area contributed by atoms with Gasteiger partial charge in [-0.2, -0.15) is 0 Å². The van der Waals surface area contributed by atoms with E-state index in [-0.39, 0.29) is 5.33 Å². The fourth-order valence-corrected chi connectivity index (χ4v) is 2.48. The van der Waals surface area contributed by atoms with Gasteiger partial charge in [-0.15, -0.1) is 0 Å². The number of carbonyl (C=O) groups is 1. The summed E-state index contributed by atoms with van der Waals surface area (Å²) < 4.78 is 10.3. The van der Waals surface area contributed by atoms with Crippen LogP contribution >= 0.6 is 15.9 Å². The van der Waals surface area contributed by atoms with E-state index >= 15 is 0 Å². The van der Waals surface area contributed by atoms with Gasteiger partial charge in [-0.05, 0) is 12.1 Å². The third-order valence-corrected chi connectivity index (χ3v) is 3.70. The van der Waals surface area contributed by atoms with Crippen molar-refractivity contribution in [2.24, 2.45) is 0 Å². The summed E-state index contributed by atoms with van der Waals surface area (Å²) in [7, 11) is 0. The minimum atomic E-state index is -1.53. The number of ether oxygens (including phenoxy) is 2. The van der Waals surface area contributed by atoms with Gasteiger partial charge < -0.3 is 24.8 Å². The van der Waals surface area contributed by atoms with Crippen LogP contribution in [0.2, 0.25) is 0 Å². The van der Waals surface area contributed by atoms with Crippen LogP contribution in [0.15, 0.2) is 30.3 Å². The molecule has 0 bridgehead atoms. The summed E-state index contributed by atoms with van der Waals surface area (Å²) in [6.07, 6.45) is -6.29. The molecule has 110 valence electrons. The second kappa shape index (κ2) is 6.64. The number of esters is 1. The van der Waals surface area contributed by atoms with Gasteiger partial charge >= 0.3 is 5.97 Å². The molecule has 1 fully saturated rings. The van der Waals surface area contributed by atoms with Gasteiger partial charge in [-0.25, -0.2) is 4.79 Å². The Labute approximate surface area is 124 Å². The Kier molecular flexibility index (Phi) is 5.11. The third-order valence-electron chi connectivity index (χ3n) is 3.06. The molecular formula is C13H15BrO6. The lowest BCUT2D eigenvalue weighted by Gasteiger charge is -2.39. The molecule has 7 heteroatoms. The van der Waals surface area contributed by atoms with Crippen molar-refractivity contribution < 1.29 is 29.6 Å². The molecule has 0 aromatic heterocycles. The maximum atomic E-state index is 12.0. The molecule has 1 aliphatic heterocycles. The summed E-state index contributed by atoms with van der Waals surface area (Å²) >= 11 is 3.15. The van der Waals surface area contributed by atoms with Crippen LogP contribution in [0.5, 0.6) is 0 Å². The highest BCUT2D eigenvalue weighted by molar-refractivity contribution is 9.09. The number of alkyl halides is 1. The molecule has 0 spiro atoms. The van der Waals surface area contributed by atoms with Crippen molar-refractivity contribution >= 4 is 21.9 Å². The summed E-state index contributed by atoms with van der Waals surface area (Å²) in [6, 6.07) is 8.28. The Balaban J connectivity index is 2.11. The van der Waals surface area contributed by atoms with Crippen LogP contribution in [0.3, 0.4) is 0 Å². The first-order valence-corrected chi connectivity index (χ1v) is 7.18. The predicted octanol–water partition coefficient (Wildman–Crippen LogP) is 0.0459. The lowest BCUT2D eigenvalue weighted by molar-refractivity contribution is -0.275. The normalized spacial score (nSPS) is 33.7. The van der Waals surface area contributed by atoms with Crippen molar-refractivity contribution in [1.29, 1.82) is 0 Å². The molecule has 0 saturated carbocycles. The molecule has 20 heavy (non-hydrogen) atoms. The summed E-state index contributed by atoms with van der Waals surface area (Å²) in [5, 5.41) is 29.2. The number of hydrogen-bond acceptors (Lipinski definition) is 6. The van der Waals surface area contributed by atoms with E-state index in [1.54, 1.807) is 30.3 Å². The van der Waals surface area contributed by atoms with E-state index in [1.807, 2.05) is 0 Å². The topological polar surface area (TPSA) is 96.2 Å². The molecule has 6 nitrogen and oxygen atoms in total. The van der Waals surface area contributed by atoms with Crippen molar-refractivity contribution in [3.8, 4) is 0 Å². The van der Waals surface area contributed by atoms with Gasteiger partial charge in [-0.3, -0.25) is 0 Å². The molecule has 0 amide bonds. The number of rotatable bonds is 3. The quantitative estimate of drug-likeness (QED) is 0.528. The van der Waals surface area contributed by atoms with Crippen molar-refractivity contribution in [3.05, 3.63) is 35.9 Å². The second-order valence-electron chi connectivity index (χ2n) is 4.44. The first kappa shape index (κ1) is 15.4. The van der Waals surface area contributed by atoms with Crippen molar-refractivity contribution in [2.45, 2.75) is 30.7 Å². The Hall–Kier alpha value is -0.990. The zero-order valence-electron chi connectivity index (χ0n) is 10.4. The molecule has 1 aromatic rings. The SMILES string of the molecule is O=C(O[C@@H]1[C@H](O)[C@@H](O)C(O)O[C@@H]1CBr)c1ccccc1. The van der Waals surface area contributed by atoms with Gasteiger partial charge in [0, 0.05) is 5.33 Å². The lowest BCUT2D eigenvalue weighted by atomic mass is 9.99. The van der Waals surface area contributed by atoms with Crippen molar-refractivity contribution in [1.82, 2.24) is 0 Å². The average Bonchev–Trinajstić information content (AvgIpc) is 2.48. The molecule has 2 rings (SSSR count). The molecule has 1 saturated heterocycles. The molecule has 0 radical (unpaired) electrons. The Morgan fingerprint density at radius 2 is 1.85 bits per heavy atom. The molecule has 0 aliphatic carbocycles. The van der Waals surface area contributed by atoms with Gasteiger partial charge in [0.25, 0.3) is 0 Å². The minimum Gasteiger partial charge on any atom is -0.453 e. The van der Waals surface area contributed by atoms with Crippen LogP contribution in [0.4, 0.5) is 0 Å². The highest BCUT2D eigenvalue weighted by Crippen LogP contribution is 2.24. The number of benzene rings is 1.